The van der Waals surface area contributed by atoms with Crippen molar-refractivity contribution in [1.29, 1.82) is 0 Å². The smallest absolute Gasteiger partial charge is 0.277 e. The summed E-state index contributed by atoms with van der Waals surface area (Å²) in [7, 11) is -3.17. The molecule has 6 nitrogen and oxygen atoms in total. The van der Waals surface area contributed by atoms with Gasteiger partial charge in [-0.2, -0.15) is 4.99 Å². The van der Waals surface area contributed by atoms with Gasteiger partial charge in [0.05, 0.1) is 22.6 Å². The summed E-state index contributed by atoms with van der Waals surface area (Å²) in [4.78, 5) is 18.3. The maximum atomic E-state index is 13.5. The Morgan fingerprint density at radius 1 is 1.38 bits per heavy atom. The Hall–Kier alpha value is -1.16. The number of hydrogen-bond donors (Lipinski definition) is 0. The predicted molar refractivity (Wildman–Crippen MR) is 99.1 cm³/mol. The number of thioether (sulfide) groups is 1. The summed E-state index contributed by atoms with van der Waals surface area (Å²) in [6.45, 7) is 0.537. The average molecular weight is 419 g/mol. The van der Waals surface area contributed by atoms with Crippen molar-refractivity contribution in [2.75, 3.05) is 23.0 Å². The van der Waals surface area contributed by atoms with Gasteiger partial charge in [-0.3, -0.25) is 4.79 Å². The van der Waals surface area contributed by atoms with Crippen molar-refractivity contribution in [1.82, 2.24) is 0 Å². The van der Waals surface area contributed by atoms with Crippen molar-refractivity contribution >= 4 is 50.0 Å². The zero-order valence-electron chi connectivity index (χ0n) is 13.6. The van der Waals surface area contributed by atoms with Gasteiger partial charge >= 0.3 is 0 Å². The molecule has 1 aromatic rings. The molecule has 26 heavy (non-hydrogen) atoms. The number of aliphatic imine (C=N–C) groups is 1. The number of anilines is 1. The molecule has 3 saturated heterocycles. The second-order valence-corrected chi connectivity index (χ2v) is 10.3. The third-order valence-corrected chi connectivity index (χ3v) is 8.16. The minimum Gasteiger partial charge on any atom is -0.368 e. The van der Waals surface area contributed by atoms with Gasteiger partial charge in [-0.05, 0) is 31.0 Å². The van der Waals surface area contributed by atoms with Gasteiger partial charge in [0.25, 0.3) is 5.91 Å². The molecule has 140 valence electrons. The largest absolute Gasteiger partial charge is 0.368 e. The van der Waals surface area contributed by atoms with E-state index in [1.54, 1.807) is 4.90 Å². The standard InChI is InChI=1S/C16H16ClFN2O4S2/c17-10-6-9(3-4-11(10)18)20-12-7-26(22,23)8-14(12)25-16(20)19-15(21)13-2-1-5-24-13/h3-4,6,12-14H,1-2,5,7-8H2/t12-,13+,14-/m0/s1. The fourth-order valence-electron chi connectivity index (χ4n) is 3.44. The molecular formula is C16H16ClFN2O4S2. The fraction of sp³-hybridized carbons (Fsp3) is 0.500. The Morgan fingerprint density at radius 3 is 2.88 bits per heavy atom. The first-order chi connectivity index (χ1) is 12.3. The Bertz CT molecular complexity index is 886. The minimum atomic E-state index is -3.17. The van der Waals surface area contributed by atoms with Crippen molar-refractivity contribution < 1.29 is 22.3 Å². The molecule has 3 aliphatic heterocycles. The quantitative estimate of drug-likeness (QED) is 0.733. The summed E-state index contributed by atoms with van der Waals surface area (Å²) in [5.41, 5.74) is 0.521. The van der Waals surface area contributed by atoms with E-state index in [1.807, 2.05) is 0 Å². The van der Waals surface area contributed by atoms with E-state index in [0.717, 1.165) is 6.42 Å². The minimum absolute atomic E-state index is 0.0287. The van der Waals surface area contributed by atoms with E-state index in [9.17, 15) is 17.6 Å². The van der Waals surface area contributed by atoms with Crippen LogP contribution in [0.2, 0.25) is 5.02 Å². The highest BCUT2D eigenvalue weighted by molar-refractivity contribution is 8.16. The summed E-state index contributed by atoms with van der Waals surface area (Å²) < 4.78 is 43.0. The molecular weight excluding hydrogens is 403 g/mol. The Kier molecular flexibility index (Phi) is 4.75. The molecule has 1 amide bonds. The molecule has 0 aliphatic carbocycles. The van der Waals surface area contributed by atoms with E-state index in [-0.39, 0.29) is 33.7 Å². The molecule has 0 aromatic heterocycles. The van der Waals surface area contributed by atoms with E-state index in [1.165, 1.54) is 30.0 Å². The van der Waals surface area contributed by atoms with Crippen LogP contribution < -0.4 is 4.90 Å². The molecule has 0 spiro atoms. The summed E-state index contributed by atoms with van der Waals surface area (Å²) >= 11 is 7.16. The van der Waals surface area contributed by atoms with Gasteiger partial charge in [0.15, 0.2) is 15.0 Å². The highest BCUT2D eigenvalue weighted by atomic mass is 35.5. The molecule has 0 radical (unpaired) electrons. The molecule has 0 unspecified atom stereocenters. The third kappa shape index (κ3) is 3.37. The topological polar surface area (TPSA) is 76.0 Å². The van der Waals surface area contributed by atoms with Crippen LogP contribution in [0.3, 0.4) is 0 Å². The van der Waals surface area contributed by atoms with Crippen LogP contribution >= 0.6 is 23.4 Å². The normalized spacial score (nSPS) is 31.5. The molecule has 1 aromatic carbocycles. The van der Waals surface area contributed by atoms with Crippen LogP contribution in [0, 0.1) is 5.82 Å². The lowest BCUT2D eigenvalue weighted by molar-refractivity contribution is -0.126. The highest BCUT2D eigenvalue weighted by Crippen LogP contribution is 2.41. The van der Waals surface area contributed by atoms with Crippen LogP contribution in [-0.4, -0.2) is 55.0 Å². The number of hydrogen-bond acceptors (Lipinski definition) is 5. The number of fused-ring (bicyclic) bond motifs is 1. The second-order valence-electron chi connectivity index (χ2n) is 6.50. The molecule has 3 aliphatic rings. The van der Waals surface area contributed by atoms with Crippen molar-refractivity contribution in [3.63, 3.8) is 0 Å². The first kappa shape index (κ1) is 18.2. The van der Waals surface area contributed by atoms with Crippen LogP contribution in [0.5, 0.6) is 0 Å². The number of sulfone groups is 1. The molecule has 3 atom stereocenters. The van der Waals surface area contributed by atoms with Crippen molar-refractivity contribution in [3.05, 3.63) is 29.0 Å². The predicted octanol–water partition coefficient (Wildman–Crippen LogP) is 2.26. The monoisotopic (exact) mass is 418 g/mol. The van der Waals surface area contributed by atoms with Gasteiger partial charge in [-0.15, -0.1) is 0 Å². The number of carbonyl (C=O) groups is 1. The van der Waals surface area contributed by atoms with Gasteiger partial charge in [0.1, 0.15) is 11.9 Å². The maximum Gasteiger partial charge on any atom is 0.277 e. The van der Waals surface area contributed by atoms with Gasteiger partial charge in [-0.25, -0.2) is 12.8 Å². The maximum absolute atomic E-state index is 13.5. The average Bonchev–Trinajstić information content (AvgIpc) is 3.25. The number of nitrogens with zero attached hydrogens (tertiary/aromatic N) is 2. The first-order valence-corrected chi connectivity index (χ1v) is 11.3. The molecule has 0 N–H and O–H groups in total. The van der Waals surface area contributed by atoms with Gasteiger partial charge in [0, 0.05) is 17.5 Å². The van der Waals surface area contributed by atoms with Gasteiger partial charge in [-0.1, -0.05) is 23.4 Å². The van der Waals surface area contributed by atoms with Crippen molar-refractivity contribution in [3.8, 4) is 0 Å². The van der Waals surface area contributed by atoms with E-state index >= 15 is 0 Å². The number of rotatable bonds is 2. The van der Waals surface area contributed by atoms with Gasteiger partial charge < -0.3 is 9.64 Å². The summed E-state index contributed by atoms with van der Waals surface area (Å²) in [6.07, 6.45) is 0.893. The van der Waals surface area contributed by atoms with E-state index in [4.69, 9.17) is 16.3 Å². The van der Waals surface area contributed by atoms with Crippen LogP contribution in [0.1, 0.15) is 12.8 Å². The van der Waals surface area contributed by atoms with E-state index < -0.39 is 21.8 Å². The van der Waals surface area contributed by atoms with Crippen LogP contribution in [0.15, 0.2) is 23.2 Å². The molecule has 3 heterocycles. The SMILES string of the molecule is O=C(N=C1S[C@H]2CS(=O)(=O)C[C@@H]2N1c1ccc(F)c(Cl)c1)[C@H]1CCCO1. The van der Waals surface area contributed by atoms with E-state index in [0.29, 0.717) is 23.9 Å². The van der Waals surface area contributed by atoms with Crippen LogP contribution in [0.4, 0.5) is 10.1 Å². The molecule has 0 saturated carbocycles. The summed E-state index contributed by atoms with van der Waals surface area (Å²) in [6, 6.07) is 3.80. The van der Waals surface area contributed by atoms with E-state index in [2.05, 4.69) is 4.99 Å². The van der Waals surface area contributed by atoms with Gasteiger partial charge in [0.2, 0.25) is 0 Å². The highest BCUT2D eigenvalue weighted by Gasteiger charge is 2.49. The molecule has 0 bridgehead atoms. The number of ether oxygens (including phenoxy) is 1. The van der Waals surface area contributed by atoms with Crippen molar-refractivity contribution in [2.45, 2.75) is 30.2 Å². The lowest BCUT2D eigenvalue weighted by atomic mass is 10.2. The summed E-state index contributed by atoms with van der Waals surface area (Å²) in [5.74, 6) is -0.939. The Labute approximate surface area is 159 Å². The lowest BCUT2D eigenvalue weighted by Crippen LogP contribution is -2.38. The first-order valence-electron chi connectivity index (χ1n) is 8.19. The summed E-state index contributed by atoms with van der Waals surface area (Å²) in [5, 5.41) is 0.125. The number of carbonyl (C=O) groups excluding carboxylic acids is 1. The number of amides is 1. The fourth-order valence-corrected chi connectivity index (χ4v) is 7.53. The third-order valence-electron chi connectivity index (χ3n) is 4.66. The zero-order valence-corrected chi connectivity index (χ0v) is 16.0. The Balaban J connectivity index is 1.70. The molecule has 4 rings (SSSR count). The molecule has 3 fully saturated rings. The second kappa shape index (κ2) is 6.78. The van der Waals surface area contributed by atoms with Crippen LogP contribution in [0.25, 0.3) is 0 Å². The number of benzene rings is 1. The van der Waals surface area contributed by atoms with Crippen LogP contribution in [-0.2, 0) is 19.4 Å². The number of amidine groups is 1. The Morgan fingerprint density at radius 2 is 2.19 bits per heavy atom. The zero-order chi connectivity index (χ0) is 18.5. The number of halogens is 2. The van der Waals surface area contributed by atoms with Crippen molar-refractivity contribution in [2.24, 2.45) is 4.99 Å². The lowest BCUT2D eigenvalue weighted by Gasteiger charge is -2.24. The molecule has 10 heteroatoms.